The molecule has 1 heterocycles. The monoisotopic (exact) mass is 411 g/mol. The number of carbonyl (C=O) groups excluding carboxylic acids is 1. The van der Waals surface area contributed by atoms with E-state index in [1.807, 2.05) is 0 Å². The first kappa shape index (κ1) is 18.5. The first-order valence-corrected chi connectivity index (χ1v) is 8.64. The van der Waals surface area contributed by atoms with Crippen molar-refractivity contribution in [2.75, 3.05) is 7.05 Å². The summed E-state index contributed by atoms with van der Waals surface area (Å²) in [5, 5.41) is 10.7. The summed E-state index contributed by atoms with van der Waals surface area (Å²) in [4.78, 5) is 24.3. The van der Waals surface area contributed by atoms with Gasteiger partial charge in [0.25, 0.3) is 21.6 Å². The summed E-state index contributed by atoms with van der Waals surface area (Å²) >= 11 is 17.0. The second-order valence-electron chi connectivity index (χ2n) is 4.49. The molecule has 0 saturated carbocycles. The Bertz CT molecular complexity index is 922. The van der Waals surface area contributed by atoms with Crippen LogP contribution in [0.25, 0.3) is 0 Å². The highest BCUT2D eigenvalue weighted by molar-refractivity contribution is 7.89. The van der Waals surface area contributed by atoms with E-state index in [2.05, 4.69) is 4.98 Å². The van der Waals surface area contributed by atoms with Crippen LogP contribution in [0.5, 0.6) is 0 Å². The van der Waals surface area contributed by atoms with Crippen molar-refractivity contribution in [1.29, 1.82) is 0 Å². The van der Waals surface area contributed by atoms with Crippen molar-refractivity contribution in [3.05, 3.63) is 55.3 Å². The number of hydrogen-bond donors (Lipinski definition) is 1. The molecule has 0 aliphatic heterocycles. The number of nitrogens with one attached hydrogen (secondary N) is 1. The van der Waals surface area contributed by atoms with Crippen molar-refractivity contribution in [2.45, 2.75) is 4.90 Å². The van der Waals surface area contributed by atoms with Gasteiger partial charge in [0.15, 0.2) is 0 Å². The number of nitro groups is 1. The number of H-pyrrole nitrogens is 1. The minimum atomic E-state index is -4.35. The number of carbonyl (C=O) groups is 1. The molecule has 0 radical (unpaired) electrons. The van der Waals surface area contributed by atoms with Crippen LogP contribution in [0, 0.1) is 10.1 Å². The fourth-order valence-electron chi connectivity index (χ4n) is 1.75. The van der Waals surface area contributed by atoms with E-state index in [-0.39, 0.29) is 20.9 Å². The van der Waals surface area contributed by atoms with Gasteiger partial charge in [0.1, 0.15) is 15.9 Å². The molecule has 0 unspecified atom stereocenters. The Morgan fingerprint density at radius 2 is 1.83 bits per heavy atom. The first-order valence-electron chi connectivity index (χ1n) is 6.07. The van der Waals surface area contributed by atoms with Gasteiger partial charge in [-0.1, -0.05) is 34.8 Å². The molecule has 0 aliphatic rings. The van der Waals surface area contributed by atoms with Gasteiger partial charge in [-0.3, -0.25) is 14.9 Å². The zero-order valence-electron chi connectivity index (χ0n) is 11.8. The zero-order chi connectivity index (χ0) is 18.2. The van der Waals surface area contributed by atoms with Crippen molar-refractivity contribution in [1.82, 2.24) is 9.29 Å². The lowest BCUT2D eigenvalue weighted by Crippen LogP contribution is -2.33. The lowest BCUT2D eigenvalue weighted by Gasteiger charge is -2.16. The molecule has 24 heavy (non-hydrogen) atoms. The largest absolute Gasteiger partial charge is 0.340 e. The molecule has 1 aromatic carbocycles. The van der Waals surface area contributed by atoms with E-state index in [4.69, 9.17) is 34.8 Å². The van der Waals surface area contributed by atoms with Crippen LogP contribution in [0.1, 0.15) is 10.5 Å². The SMILES string of the molecule is CN(C(=O)c1cc(Cl)c(Cl)[nH]1)S(=O)(=O)c1ccc(Cl)c([N+](=O)[O-])c1. The maximum Gasteiger partial charge on any atom is 0.289 e. The Balaban J connectivity index is 2.44. The number of rotatable bonds is 4. The second-order valence-corrected chi connectivity index (χ2v) is 7.65. The average molecular weight is 413 g/mol. The molecule has 1 aromatic heterocycles. The molecule has 12 heteroatoms. The summed E-state index contributed by atoms with van der Waals surface area (Å²) in [7, 11) is -3.35. The smallest absolute Gasteiger partial charge is 0.289 e. The van der Waals surface area contributed by atoms with Crippen LogP contribution in [-0.2, 0) is 10.0 Å². The average Bonchev–Trinajstić information content (AvgIpc) is 2.85. The van der Waals surface area contributed by atoms with Crippen LogP contribution >= 0.6 is 34.8 Å². The summed E-state index contributed by atoms with van der Waals surface area (Å²) < 4.78 is 25.4. The normalized spacial score (nSPS) is 11.3. The molecule has 0 saturated heterocycles. The van der Waals surface area contributed by atoms with Gasteiger partial charge >= 0.3 is 0 Å². The fraction of sp³-hybridized carbons (Fsp3) is 0.0833. The predicted octanol–water partition coefficient (Wildman–Crippen LogP) is 3.34. The third-order valence-corrected chi connectivity index (χ3v) is 5.76. The van der Waals surface area contributed by atoms with Crippen molar-refractivity contribution in [3.63, 3.8) is 0 Å². The molecule has 0 spiro atoms. The van der Waals surface area contributed by atoms with Gasteiger partial charge in [-0.15, -0.1) is 0 Å². The Kier molecular flexibility index (Phi) is 5.09. The van der Waals surface area contributed by atoms with E-state index in [0.29, 0.717) is 4.31 Å². The first-order chi connectivity index (χ1) is 11.1. The molecule has 8 nitrogen and oxygen atoms in total. The summed E-state index contributed by atoms with van der Waals surface area (Å²) in [6.45, 7) is 0. The van der Waals surface area contributed by atoms with Crippen LogP contribution in [0.4, 0.5) is 5.69 Å². The number of nitro benzene ring substituents is 1. The molecular formula is C12H8Cl3N3O5S. The summed E-state index contributed by atoms with van der Waals surface area (Å²) in [5.41, 5.74) is -0.746. The van der Waals surface area contributed by atoms with Gasteiger partial charge in [-0.25, -0.2) is 12.7 Å². The summed E-state index contributed by atoms with van der Waals surface area (Å²) in [6.07, 6.45) is 0. The van der Waals surface area contributed by atoms with Crippen LogP contribution in [0.2, 0.25) is 15.2 Å². The topological polar surface area (TPSA) is 113 Å². The Labute approximate surface area is 151 Å². The van der Waals surface area contributed by atoms with Gasteiger partial charge in [0, 0.05) is 13.1 Å². The van der Waals surface area contributed by atoms with E-state index in [0.717, 1.165) is 25.2 Å². The standard InChI is InChI=1S/C12H8Cl3N3O5S/c1-17(12(19)9-5-8(14)11(15)16-9)24(22,23)6-2-3-7(13)10(4-6)18(20)21/h2-5,16H,1H3. The Hall–Kier alpha value is -1.81. The van der Waals surface area contributed by atoms with E-state index in [9.17, 15) is 23.3 Å². The molecule has 0 fully saturated rings. The number of aromatic nitrogens is 1. The van der Waals surface area contributed by atoms with Crippen molar-refractivity contribution in [3.8, 4) is 0 Å². The maximum absolute atomic E-state index is 12.5. The third-order valence-electron chi connectivity index (χ3n) is 3.01. The third kappa shape index (κ3) is 3.34. The van der Waals surface area contributed by atoms with Gasteiger partial charge in [-0.2, -0.15) is 0 Å². The molecule has 1 amide bonds. The number of aromatic amines is 1. The minimum absolute atomic E-state index is 0.0204. The van der Waals surface area contributed by atoms with Gasteiger partial charge in [-0.05, 0) is 18.2 Å². The highest BCUT2D eigenvalue weighted by Crippen LogP contribution is 2.29. The summed E-state index contributed by atoms with van der Waals surface area (Å²) in [6, 6.07) is 4.06. The molecule has 128 valence electrons. The van der Waals surface area contributed by atoms with E-state index < -0.39 is 31.4 Å². The maximum atomic E-state index is 12.5. The Morgan fingerprint density at radius 3 is 2.33 bits per heavy atom. The van der Waals surface area contributed by atoms with Crippen molar-refractivity contribution < 1.29 is 18.1 Å². The second kappa shape index (κ2) is 6.60. The van der Waals surface area contributed by atoms with Gasteiger partial charge in [0.2, 0.25) is 0 Å². The molecular weight excluding hydrogens is 405 g/mol. The van der Waals surface area contributed by atoms with Crippen molar-refractivity contribution >= 4 is 56.4 Å². The number of halogens is 3. The van der Waals surface area contributed by atoms with Crippen LogP contribution in [0.15, 0.2) is 29.2 Å². The molecule has 2 rings (SSSR count). The van der Waals surface area contributed by atoms with Crippen LogP contribution in [0.3, 0.4) is 0 Å². The lowest BCUT2D eigenvalue weighted by molar-refractivity contribution is -0.384. The lowest BCUT2D eigenvalue weighted by atomic mass is 10.3. The van der Waals surface area contributed by atoms with Crippen molar-refractivity contribution in [2.24, 2.45) is 0 Å². The molecule has 0 aliphatic carbocycles. The predicted molar refractivity (Wildman–Crippen MR) is 88.2 cm³/mol. The van der Waals surface area contributed by atoms with Gasteiger partial charge < -0.3 is 4.98 Å². The number of hydrogen-bond acceptors (Lipinski definition) is 5. The van der Waals surface area contributed by atoms with E-state index in [1.54, 1.807) is 0 Å². The van der Waals surface area contributed by atoms with E-state index >= 15 is 0 Å². The molecule has 0 bridgehead atoms. The Morgan fingerprint density at radius 1 is 1.21 bits per heavy atom. The number of sulfonamides is 1. The van der Waals surface area contributed by atoms with E-state index in [1.165, 1.54) is 6.07 Å². The molecule has 1 N–H and O–H groups in total. The highest BCUT2D eigenvalue weighted by Gasteiger charge is 2.30. The highest BCUT2D eigenvalue weighted by atomic mass is 35.5. The summed E-state index contributed by atoms with van der Waals surface area (Å²) in [5.74, 6) is -0.943. The molecule has 2 aromatic rings. The number of benzene rings is 1. The minimum Gasteiger partial charge on any atom is -0.340 e. The van der Waals surface area contributed by atoms with Gasteiger partial charge in [0.05, 0.1) is 14.8 Å². The number of amides is 1. The van der Waals surface area contributed by atoms with Crippen LogP contribution in [-0.4, -0.2) is 35.6 Å². The molecule has 0 atom stereocenters. The number of nitrogens with zero attached hydrogens (tertiary/aromatic N) is 2. The van der Waals surface area contributed by atoms with Crippen LogP contribution < -0.4 is 0 Å². The zero-order valence-corrected chi connectivity index (χ0v) is 14.9. The quantitative estimate of drug-likeness (QED) is 0.611. The fourth-order valence-corrected chi connectivity index (χ4v) is 3.38.